The lowest BCUT2D eigenvalue weighted by molar-refractivity contribution is 0.0748. The van der Waals surface area contributed by atoms with Gasteiger partial charge in [0.2, 0.25) is 0 Å². The van der Waals surface area contributed by atoms with E-state index in [1.807, 2.05) is 61.5 Å². The Kier molecular flexibility index (Phi) is 5.47. The van der Waals surface area contributed by atoms with Gasteiger partial charge in [0.1, 0.15) is 5.69 Å². The molecular weight excluding hydrogens is 398 g/mol. The van der Waals surface area contributed by atoms with Crippen LogP contribution in [0.2, 0.25) is 0 Å². The van der Waals surface area contributed by atoms with Crippen LogP contribution in [-0.2, 0) is 16.4 Å². The van der Waals surface area contributed by atoms with Gasteiger partial charge < -0.3 is 4.90 Å². The molecule has 1 aromatic heterocycles. The summed E-state index contributed by atoms with van der Waals surface area (Å²) >= 11 is 0. The largest absolute Gasteiger partial charge is 0.338 e. The highest BCUT2D eigenvalue weighted by Crippen LogP contribution is 2.26. The minimum Gasteiger partial charge on any atom is -0.338 e. The van der Waals surface area contributed by atoms with Crippen molar-refractivity contribution in [3.8, 4) is 11.3 Å². The van der Waals surface area contributed by atoms with Crippen molar-refractivity contribution in [2.75, 3.05) is 18.6 Å². The van der Waals surface area contributed by atoms with E-state index in [0.717, 1.165) is 16.7 Å². The van der Waals surface area contributed by atoms with E-state index in [0.29, 0.717) is 24.2 Å². The third-order valence-corrected chi connectivity index (χ3v) is 7.33. The predicted molar refractivity (Wildman–Crippen MR) is 117 cm³/mol. The summed E-state index contributed by atoms with van der Waals surface area (Å²) in [4.78, 5) is 14.9. The first kappa shape index (κ1) is 20.3. The van der Waals surface area contributed by atoms with Gasteiger partial charge in [0.05, 0.1) is 23.6 Å². The highest BCUT2D eigenvalue weighted by atomic mass is 32.2. The first-order chi connectivity index (χ1) is 14.3. The number of aryl methyl sites for hydroxylation is 1. The molecule has 0 spiro atoms. The molecule has 1 atom stereocenters. The molecule has 0 aliphatic carbocycles. The average molecular weight is 424 g/mol. The zero-order valence-electron chi connectivity index (χ0n) is 17.2. The molecule has 4 rings (SSSR count). The highest BCUT2D eigenvalue weighted by Gasteiger charge is 2.34. The summed E-state index contributed by atoms with van der Waals surface area (Å²) in [6.07, 6.45) is 2.24. The van der Waals surface area contributed by atoms with Crippen LogP contribution in [0.5, 0.6) is 0 Å². The molecule has 6 nitrogen and oxygen atoms in total. The monoisotopic (exact) mass is 423 g/mol. The SMILES string of the molecule is Cc1ccc(-c2nn(Cc3ccccc3)cc2C(=O)N(C)C2CCS(=O)(=O)C2)cc1. The number of rotatable bonds is 5. The van der Waals surface area contributed by atoms with Gasteiger partial charge in [-0.05, 0) is 18.9 Å². The summed E-state index contributed by atoms with van der Waals surface area (Å²) in [5.41, 5.74) is 4.18. The number of nitrogens with zero attached hydrogens (tertiary/aromatic N) is 3. The van der Waals surface area contributed by atoms with Crippen molar-refractivity contribution in [1.29, 1.82) is 0 Å². The van der Waals surface area contributed by atoms with E-state index in [4.69, 9.17) is 5.10 Å². The smallest absolute Gasteiger partial charge is 0.257 e. The molecule has 2 aromatic carbocycles. The molecule has 1 unspecified atom stereocenters. The lowest BCUT2D eigenvalue weighted by Gasteiger charge is -2.23. The number of carbonyl (C=O) groups excluding carboxylic acids is 1. The Morgan fingerprint density at radius 3 is 2.47 bits per heavy atom. The molecule has 1 aliphatic heterocycles. The van der Waals surface area contributed by atoms with Crippen LogP contribution in [0.1, 0.15) is 27.9 Å². The fraction of sp³-hybridized carbons (Fsp3) is 0.304. The van der Waals surface area contributed by atoms with Crippen molar-refractivity contribution in [2.45, 2.75) is 25.9 Å². The molecule has 1 aliphatic rings. The normalized spacial score (nSPS) is 17.7. The molecule has 0 bridgehead atoms. The van der Waals surface area contributed by atoms with Crippen LogP contribution in [0, 0.1) is 6.92 Å². The molecule has 30 heavy (non-hydrogen) atoms. The number of hydrogen-bond acceptors (Lipinski definition) is 4. The second-order valence-electron chi connectivity index (χ2n) is 7.91. The van der Waals surface area contributed by atoms with Gasteiger partial charge in [0.15, 0.2) is 9.84 Å². The van der Waals surface area contributed by atoms with Crippen LogP contribution < -0.4 is 0 Å². The zero-order chi connectivity index (χ0) is 21.3. The lowest BCUT2D eigenvalue weighted by atomic mass is 10.1. The van der Waals surface area contributed by atoms with Crippen LogP contribution in [0.15, 0.2) is 60.8 Å². The van der Waals surface area contributed by atoms with E-state index in [1.165, 1.54) is 0 Å². The van der Waals surface area contributed by atoms with E-state index in [-0.39, 0.29) is 23.5 Å². The topological polar surface area (TPSA) is 72.3 Å². The van der Waals surface area contributed by atoms with Crippen molar-refractivity contribution in [1.82, 2.24) is 14.7 Å². The molecule has 7 heteroatoms. The first-order valence-electron chi connectivity index (χ1n) is 9.98. The quantitative estimate of drug-likeness (QED) is 0.632. The number of hydrogen-bond donors (Lipinski definition) is 0. The van der Waals surface area contributed by atoms with Gasteiger partial charge in [-0.15, -0.1) is 0 Å². The van der Waals surface area contributed by atoms with E-state index >= 15 is 0 Å². The van der Waals surface area contributed by atoms with Gasteiger partial charge in [-0.2, -0.15) is 5.10 Å². The molecule has 1 amide bonds. The summed E-state index contributed by atoms with van der Waals surface area (Å²) in [6.45, 7) is 2.56. The number of sulfone groups is 1. The Morgan fingerprint density at radius 1 is 1.13 bits per heavy atom. The highest BCUT2D eigenvalue weighted by molar-refractivity contribution is 7.91. The zero-order valence-corrected chi connectivity index (χ0v) is 18.0. The third kappa shape index (κ3) is 4.31. The van der Waals surface area contributed by atoms with Crippen molar-refractivity contribution in [3.05, 3.63) is 77.5 Å². The lowest BCUT2D eigenvalue weighted by Crippen LogP contribution is -2.37. The van der Waals surface area contributed by atoms with Crippen LogP contribution >= 0.6 is 0 Å². The molecule has 156 valence electrons. The van der Waals surface area contributed by atoms with Crippen LogP contribution in [0.3, 0.4) is 0 Å². The van der Waals surface area contributed by atoms with E-state index in [2.05, 4.69) is 0 Å². The summed E-state index contributed by atoms with van der Waals surface area (Å²) in [5, 5.41) is 4.72. The molecule has 0 radical (unpaired) electrons. The van der Waals surface area contributed by atoms with Gasteiger partial charge in [0, 0.05) is 24.8 Å². The fourth-order valence-electron chi connectivity index (χ4n) is 3.79. The second kappa shape index (κ2) is 8.07. The van der Waals surface area contributed by atoms with Gasteiger partial charge in [-0.3, -0.25) is 9.48 Å². The van der Waals surface area contributed by atoms with Gasteiger partial charge in [-0.25, -0.2) is 8.42 Å². The minimum atomic E-state index is -3.07. The van der Waals surface area contributed by atoms with Crippen molar-refractivity contribution in [2.24, 2.45) is 0 Å². The Balaban J connectivity index is 1.69. The van der Waals surface area contributed by atoms with Crippen molar-refractivity contribution in [3.63, 3.8) is 0 Å². The Morgan fingerprint density at radius 2 is 1.83 bits per heavy atom. The Bertz CT molecular complexity index is 1150. The molecule has 3 aromatic rings. The third-order valence-electron chi connectivity index (χ3n) is 5.58. The maximum Gasteiger partial charge on any atom is 0.257 e. The maximum absolute atomic E-state index is 13.3. The molecule has 1 saturated heterocycles. The number of aromatic nitrogens is 2. The van der Waals surface area contributed by atoms with E-state index < -0.39 is 9.84 Å². The fourth-order valence-corrected chi connectivity index (χ4v) is 5.57. The van der Waals surface area contributed by atoms with E-state index in [9.17, 15) is 13.2 Å². The van der Waals surface area contributed by atoms with Gasteiger partial charge in [-0.1, -0.05) is 60.2 Å². The molecule has 1 fully saturated rings. The summed E-state index contributed by atoms with van der Waals surface area (Å²) < 4.78 is 25.5. The molecule has 0 saturated carbocycles. The molecule has 2 heterocycles. The van der Waals surface area contributed by atoms with E-state index in [1.54, 1.807) is 22.8 Å². The van der Waals surface area contributed by atoms with Gasteiger partial charge >= 0.3 is 0 Å². The van der Waals surface area contributed by atoms with Crippen LogP contribution in [0.4, 0.5) is 0 Å². The average Bonchev–Trinajstić information content (AvgIpc) is 3.31. The summed E-state index contributed by atoms with van der Waals surface area (Å²) in [5.74, 6) is -0.0485. The predicted octanol–water partition coefficient (Wildman–Crippen LogP) is 3.17. The summed E-state index contributed by atoms with van der Waals surface area (Å²) in [6, 6.07) is 17.5. The van der Waals surface area contributed by atoms with Crippen LogP contribution in [-0.4, -0.2) is 53.6 Å². The Labute approximate surface area is 177 Å². The number of benzene rings is 2. The minimum absolute atomic E-state index is 0.0211. The first-order valence-corrected chi connectivity index (χ1v) is 11.8. The van der Waals surface area contributed by atoms with Gasteiger partial charge in [0.25, 0.3) is 5.91 Å². The standard InChI is InChI=1S/C23H25N3O3S/c1-17-8-10-19(11-9-17)22-21(15-26(24-22)14-18-6-4-3-5-7-18)23(27)25(2)20-12-13-30(28,29)16-20/h3-11,15,20H,12-14,16H2,1-2H3. The maximum atomic E-state index is 13.3. The number of carbonyl (C=O) groups is 1. The molecular formula is C23H25N3O3S. The number of amides is 1. The Hall–Kier alpha value is -2.93. The van der Waals surface area contributed by atoms with Crippen LogP contribution in [0.25, 0.3) is 11.3 Å². The molecule has 0 N–H and O–H groups in total. The van der Waals surface area contributed by atoms with Crippen molar-refractivity contribution >= 4 is 15.7 Å². The summed E-state index contributed by atoms with van der Waals surface area (Å²) in [7, 11) is -1.39. The second-order valence-corrected chi connectivity index (χ2v) is 10.1. The van der Waals surface area contributed by atoms with Crippen molar-refractivity contribution < 1.29 is 13.2 Å².